The molecule has 1 amide bonds. The lowest BCUT2D eigenvalue weighted by atomic mass is 9.90. The van der Waals surface area contributed by atoms with Crippen LogP contribution in [0.2, 0.25) is 0 Å². The van der Waals surface area contributed by atoms with Crippen LogP contribution in [0.1, 0.15) is 42.6 Å². The van der Waals surface area contributed by atoms with Crippen LogP contribution >= 0.6 is 0 Å². The molecule has 3 rings (SSSR count). The highest BCUT2D eigenvalue weighted by Gasteiger charge is 2.38. The van der Waals surface area contributed by atoms with Crippen molar-refractivity contribution in [2.75, 3.05) is 23.3 Å². The SMILES string of the molecule is CC(C)C(=O)Nc1ccc(N2CCC(Cc3ccccc3)CC2)cc1C(=O)O.O=C(O)C(F)(F)F. The Morgan fingerprint density at radius 3 is 2.09 bits per heavy atom. The third-order valence-electron chi connectivity index (χ3n) is 5.61. The Morgan fingerprint density at radius 1 is 1.03 bits per heavy atom. The summed E-state index contributed by atoms with van der Waals surface area (Å²) < 4.78 is 31.7. The Hall–Kier alpha value is -3.56. The molecule has 0 saturated carbocycles. The van der Waals surface area contributed by atoms with Gasteiger partial charge >= 0.3 is 18.1 Å². The fourth-order valence-electron chi connectivity index (χ4n) is 3.63. The van der Waals surface area contributed by atoms with Gasteiger partial charge in [-0.2, -0.15) is 13.2 Å². The van der Waals surface area contributed by atoms with E-state index < -0.39 is 18.1 Å². The Morgan fingerprint density at radius 2 is 1.60 bits per heavy atom. The van der Waals surface area contributed by atoms with E-state index in [-0.39, 0.29) is 17.4 Å². The van der Waals surface area contributed by atoms with Crippen LogP contribution in [0.5, 0.6) is 0 Å². The number of benzene rings is 2. The molecule has 0 radical (unpaired) electrons. The number of nitrogens with one attached hydrogen (secondary N) is 1. The quantitative estimate of drug-likeness (QED) is 0.518. The summed E-state index contributed by atoms with van der Waals surface area (Å²) in [5, 5.41) is 19.4. The van der Waals surface area contributed by atoms with E-state index in [9.17, 15) is 27.9 Å². The molecule has 1 fully saturated rings. The molecule has 1 saturated heterocycles. The van der Waals surface area contributed by atoms with Crippen LogP contribution in [0.3, 0.4) is 0 Å². The number of hydrogen-bond acceptors (Lipinski definition) is 4. The monoisotopic (exact) mass is 494 g/mol. The van der Waals surface area contributed by atoms with Crippen molar-refractivity contribution in [3.63, 3.8) is 0 Å². The van der Waals surface area contributed by atoms with E-state index in [1.165, 1.54) is 5.56 Å². The predicted octanol–water partition coefficient (Wildman–Crippen LogP) is 5.07. The number of rotatable bonds is 6. The number of carbonyl (C=O) groups is 3. The van der Waals surface area contributed by atoms with Crippen molar-refractivity contribution in [2.45, 2.75) is 39.3 Å². The molecule has 2 aromatic carbocycles. The minimum Gasteiger partial charge on any atom is -0.478 e. The molecular formula is C25H29F3N2O5. The Labute approximate surface area is 201 Å². The van der Waals surface area contributed by atoms with Gasteiger partial charge in [0.15, 0.2) is 0 Å². The Kier molecular flexibility index (Phi) is 9.68. The lowest BCUT2D eigenvalue weighted by Gasteiger charge is -2.34. The number of aliphatic carboxylic acids is 1. The van der Waals surface area contributed by atoms with Crippen molar-refractivity contribution in [2.24, 2.45) is 11.8 Å². The van der Waals surface area contributed by atoms with E-state index in [1.54, 1.807) is 26.0 Å². The first kappa shape index (κ1) is 27.7. The average molecular weight is 495 g/mol. The van der Waals surface area contributed by atoms with Gasteiger partial charge in [0.25, 0.3) is 0 Å². The predicted molar refractivity (Wildman–Crippen MR) is 126 cm³/mol. The summed E-state index contributed by atoms with van der Waals surface area (Å²) in [5.41, 5.74) is 2.77. The molecule has 3 N–H and O–H groups in total. The molecule has 190 valence electrons. The molecule has 0 aromatic heterocycles. The van der Waals surface area contributed by atoms with Crippen molar-refractivity contribution in [1.82, 2.24) is 0 Å². The second-order valence-electron chi connectivity index (χ2n) is 8.60. The normalized spacial score (nSPS) is 14.2. The van der Waals surface area contributed by atoms with Gasteiger partial charge in [-0.1, -0.05) is 44.2 Å². The number of carboxylic acid groups (broad SMARTS) is 2. The van der Waals surface area contributed by atoms with E-state index in [2.05, 4.69) is 34.5 Å². The second kappa shape index (κ2) is 12.2. The maximum absolute atomic E-state index is 11.9. The van der Waals surface area contributed by atoms with Gasteiger partial charge in [-0.25, -0.2) is 9.59 Å². The van der Waals surface area contributed by atoms with E-state index in [1.807, 2.05) is 12.1 Å². The van der Waals surface area contributed by atoms with E-state index >= 15 is 0 Å². The van der Waals surface area contributed by atoms with Crippen molar-refractivity contribution in [3.05, 3.63) is 59.7 Å². The lowest BCUT2D eigenvalue weighted by molar-refractivity contribution is -0.192. The average Bonchev–Trinajstić information content (AvgIpc) is 2.80. The number of carbonyl (C=O) groups excluding carboxylic acids is 1. The fourth-order valence-corrected chi connectivity index (χ4v) is 3.63. The molecule has 0 aliphatic carbocycles. The maximum Gasteiger partial charge on any atom is 0.490 e. The number of nitrogens with zero attached hydrogens (tertiary/aromatic N) is 1. The fraction of sp³-hybridized carbons (Fsp3) is 0.400. The number of anilines is 2. The topological polar surface area (TPSA) is 107 Å². The minimum atomic E-state index is -5.08. The van der Waals surface area contributed by atoms with Gasteiger partial charge in [-0.3, -0.25) is 4.79 Å². The van der Waals surface area contributed by atoms with Crippen LogP contribution in [0.4, 0.5) is 24.5 Å². The van der Waals surface area contributed by atoms with Crippen LogP contribution in [0.15, 0.2) is 48.5 Å². The molecule has 1 heterocycles. The third kappa shape index (κ3) is 8.62. The summed E-state index contributed by atoms with van der Waals surface area (Å²) in [6.07, 6.45) is -1.82. The first-order valence-electron chi connectivity index (χ1n) is 11.2. The second-order valence-corrected chi connectivity index (χ2v) is 8.60. The summed E-state index contributed by atoms with van der Waals surface area (Å²) >= 11 is 0. The molecule has 0 spiro atoms. The number of halogens is 3. The Balaban J connectivity index is 0.000000540. The summed E-state index contributed by atoms with van der Waals surface area (Å²) in [6, 6.07) is 15.8. The summed E-state index contributed by atoms with van der Waals surface area (Å²) in [7, 11) is 0. The maximum atomic E-state index is 11.9. The number of piperidine rings is 1. The van der Waals surface area contributed by atoms with E-state index in [4.69, 9.17) is 9.90 Å². The molecule has 1 aliphatic rings. The van der Waals surface area contributed by atoms with Gasteiger partial charge < -0.3 is 20.4 Å². The molecule has 7 nitrogen and oxygen atoms in total. The van der Waals surface area contributed by atoms with Gasteiger partial charge in [0.2, 0.25) is 5.91 Å². The highest BCUT2D eigenvalue weighted by atomic mass is 19.4. The molecule has 35 heavy (non-hydrogen) atoms. The standard InChI is InChI=1S/C23H28N2O3.C2HF3O2/c1-16(2)22(26)24-21-9-8-19(15-20(21)23(27)28)25-12-10-18(11-13-25)14-17-6-4-3-5-7-17;3-2(4,5)1(6)7/h3-9,15-16,18H,10-14H2,1-2H3,(H,24,26)(H,27,28);(H,6,7). The zero-order valence-electron chi connectivity index (χ0n) is 19.5. The third-order valence-corrected chi connectivity index (χ3v) is 5.61. The van der Waals surface area contributed by atoms with Gasteiger partial charge in [0.1, 0.15) is 0 Å². The molecule has 10 heteroatoms. The summed E-state index contributed by atoms with van der Waals surface area (Å²) in [4.78, 5) is 34.8. The van der Waals surface area contributed by atoms with Crippen LogP contribution in [0.25, 0.3) is 0 Å². The summed E-state index contributed by atoms with van der Waals surface area (Å²) in [6.45, 7) is 5.38. The molecular weight excluding hydrogens is 465 g/mol. The number of carboxylic acids is 2. The van der Waals surface area contributed by atoms with E-state index in [0.29, 0.717) is 11.6 Å². The van der Waals surface area contributed by atoms with Crippen LogP contribution in [-0.4, -0.2) is 47.3 Å². The van der Waals surface area contributed by atoms with Crippen molar-refractivity contribution >= 4 is 29.2 Å². The number of hydrogen-bond donors (Lipinski definition) is 3. The van der Waals surface area contributed by atoms with Gasteiger partial charge in [0, 0.05) is 24.7 Å². The van der Waals surface area contributed by atoms with Crippen LogP contribution < -0.4 is 10.2 Å². The lowest BCUT2D eigenvalue weighted by Crippen LogP contribution is -2.34. The number of alkyl halides is 3. The van der Waals surface area contributed by atoms with Gasteiger partial charge in [-0.05, 0) is 48.9 Å². The van der Waals surface area contributed by atoms with Crippen LogP contribution in [-0.2, 0) is 16.0 Å². The van der Waals surface area contributed by atoms with E-state index in [0.717, 1.165) is 38.0 Å². The molecule has 0 atom stereocenters. The minimum absolute atomic E-state index is 0.137. The van der Waals surface area contributed by atoms with Gasteiger partial charge in [0.05, 0.1) is 11.3 Å². The zero-order valence-corrected chi connectivity index (χ0v) is 19.5. The largest absolute Gasteiger partial charge is 0.490 e. The van der Waals surface area contributed by atoms with Gasteiger partial charge in [-0.15, -0.1) is 0 Å². The molecule has 0 bridgehead atoms. The highest BCUT2D eigenvalue weighted by Crippen LogP contribution is 2.29. The zero-order chi connectivity index (χ0) is 26.2. The summed E-state index contributed by atoms with van der Waals surface area (Å²) in [5.74, 6) is -3.52. The smallest absolute Gasteiger partial charge is 0.478 e. The van der Waals surface area contributed by atoms with Crippen molar-refractivity contribution < 1.29 is 37.8 Å². The van der Waals surface area contributed by atoms with Crippen molar-refractivity contribution in [3.8, 4) is 0 Å². The van der Waals surface area contributed by atoms with Crippen molar-refractivity contribution in [1.29, 1.82) is 0 Å². The first-order valence-corrected chi connectivity index (χ1v) is 11.2. The Bertz CT molecular complexity index is 1020. The molecule has 0 unspecified atom stereocenters. The molecule has 1 aliphatic heterocycles. The molecule has 2 aromatic rings. The number of amides is 1. The number of aromatic carboxylic acids is 1. The highest BCUT2D eigenvalue weighted by molar-refractivity contribution is 6.01. The van der Waals surface area contributed by atoms with Crippen LogP contribution in [0, 0.1) is 11.8 Å². The first-order chi connectivity index (χ1) is 16.4.